The third-order valence-corrected chi connectivity index (χ3v) is 0.726. The Kier molecular flexibility index (Phi) is 3.17. The summed E-state index contributed by atoms with van der Waals surface area (Å²) in [5.74, 6) is -0.361. The molecular weight excluding hydrogens is 282 g/mol. The van der Waals surface area contributed by atoms with Gasteiger partial charge in [0.05, 0.1) is 18.6 Å². The molecule has 1 unspecified atom stereocenters. The molecule has 2 N–H and O–H groups in total. The molecule has 1 aliphatic heterocycles. The Morgan fingerprint density at radius 3 is 2.62 bits per heavy atom. The number of nitrogens with zero attached hydrogens (tertiary/aromatic N) is 1. The predicted octanol–water partition coefficient (Wildman–Crippen LogP) is -0.843. The van der Waals surface area contributed by atoms with E-state index in [0.717, 1.165) is 0 Å². The van der Waals surface area contributed by atoms with Gasteiger partial charge in [0.25, 0.3) is 0 Å². The van der Waals surface area contributed by atoms with Crippen LogP contribution in [-0.2, 0) is 30.1 Å². The first-order valence-electron chi connectivity index (χ1n) is 1.93. The van der Waals surface area contributed by atoms with Crippen LogP contribution in [0.15, 0.2) is 0 Å². The van der Waals surface area contributed by atoms with Crippen LogP contribution in [0.2, 0.25) is 0 Å². The van der Waals surface area contributed by atoms with Gasteiger partial charge in [-0.25, -0.2) is 0 Å². The van der Waals surface area contributed by atoms with Crippen molar-refractivity contribution in [3.05, 3.63) is 5.48 Å². The zero-order valence-electron chi connectivity index (χ0n) is 4.00. The van der Waals surface area contributed by atoms with Crippen LogP contribution < -0.4 is 5.73 Å². The van der Waals surface area contributed by atoms with Crippen LogP contribution in [0, 0.1) is 0 Å². The maximum absolute atomic E-state index is 10.2. The van der Waals surface area contributed by atoms with E-state index in [1.807, 2.05) is 0 Å². The Balaban J connectivity index is 0.000000490. The number of amides is 1. The van der Waals surface area contributed by atoms with Crippen LogP contribution in [0.4, 0.5) is 0 Å². The molecule has 0 aliphatic carbocycles. The normalized spacial score (nSPS) is 26.6. The summed E-state index contributed by atoms with van der Waals surface area (Å²) in [6, 6.07) is -0.514. The maximum Gasteiger partial charge on any atom is 0.0906 e. The smallest absolute Gasteiger partial charge is 0.0906 e. The average molecular weight is 287 g/mol. The van der Waals surface area contributed by atoms with E-state index in [1.54, 1.807) is 0 Å². The van der Waals surface area contributed by atoms with Crippen molar-refractivity contribution >= 4 is 5.91 Å². The summed E-state index contributed by atoms with van der Waals surface area (Å²) < 4.78 is 0. The molecule has 1 heterocycles. The second kappa shape index (κ2) is 3.15. The zero-order chi connectivity index (χ0) is 5.28. The van der Waals surface area contributed by atoms with Crippen molar-refractivity contribution in [2.45, 2.75) is 6.04 Å². The van der Waals surface area contributed by atoms with Gasteiger partial charge in [-0.15, -0.1) is 0 Å². The Morgan fingerprint density at radius 1 is 1.88 bits per heavy atom. The minimum Gasteiger partial charge on any atom is -0.529 e. The monoisotopic (exact) mass is 288 g/mol. The summed E-state index contributed by atoms with van der Waals surface area (Å²) in [6.45, 7) is 0.235. The molecule has 4 nitrogen and oxygen atoms in total. The van der Waals surface area contributed by atoms with Crippen LogP contribution in [0.25, 0.3) is 5.48 Å². The summed E-state index contributed by atoms with van der Waals surface area (Å²) in [4.78, 5) is 14.5. The van der Waals surface area contributed by atoms with Crippen molar-refractivity contribution in [3.63, 3.8) is 0 Å². The predicted molar refractivity (Wildman–Crippen MR) is 22.3 cm³/mol. The van der Waals surface area contributed by atoms with Gasteiger partial charge >= 0.3 is 0 Å². The molecule has 5 heteroatoms. The van der Waals surface area contributed by atoms with Crippen LogP contribution in [0.1, 0.15) is 0 Å². The van der Waals surface area contributed by atoms with E-state index in [9.17, 15) is 4.79 Å². The number of hydroxylamine groups is 1. The van der Waals surface area contributed by atoms with E-state index in [4.69, 9.17) is 5.73 Å². The van der Waals surface area contributed by atoms with E-state index in [0.29, 0.717) is 0 Å². The molecule has 0 aromatic carbocycles. The SMILES string of the molecule is NC1CO[N-]C1=O.[Re]. The van der Waals surface area contributed by atoms with Gasteiger partial charge in [0.15, 0.2) is 0 Å². The summed E-state index contributed by atoms with van der Waals surface area (Å²) in [6.07, 6.45) is 0. The van der Waals surface area contributed by atoms with Crippen LogP contribution in [-0.4, -0.2) is 18.6 Å². The number of rotatable bonds is 0. The Bertz CT molecular complexity index is 97.3. The molecule has 0 saturated carbocycles. The fraction of sp³-hybridized carbons (Fsp3) is 0.667. The van der Waals surface area contributed by atoms with Crippen LogP contribution in [0.3, 0.4) is 0 Å². The molecule has 1 fully saturated rings. The molecule has 0 aromatic rings. The fourth-order valence-electron chi connectivity index (χ4n) is 0.320. The Hall–Kier alpha value is 0.0523. The maximum atomic E-state index is 10.2. The summed E-state index contributed by atoms with van der Waals surface area (Å²) in [7, 11) is 0. The van der Waals surface area contributed by atoms with Crippen molar-refractivity contribution < 1.29 is 30.1 Å². The Labute approximate surface area is 60.4 Å². The minimum absolute atomic E-state index is 0. The molecule has 0 bridgehead atoms. The number of carbonyl (C=O) groups excluding carboxylic acids is 1. The van der Waals surface area contributed by atoms with E-state index in [1.165, 1.54) is 0 Å². The van der Waals surface area contributed by atoms with Crippen LogP contribution in [0.5, 0.6) is 0 Å². The van der Waals surface area contributed by atoms with Gasteiger partial charge in [-0.2, -0.15) is 0 Å². The first kappa shape index (κ1) is 8.05. The largest absolute Gasteiger partial charge is 0.529 e. The molecule has 1 rings (SSSR count). The van der Waals surface area contributed by atoms with Gasteiger partial charge < -0.3 is 20.8 Å². The molecule has 1 atom stereocenters. The van der Waals surface area contributed by atoms with Crippen molar-refractivity contribution in [2.75, 3.05) is 6.61 Å². The first-order chi connectivity index (χ1) is 3.30. The molecule has 1 radical (unpaired) electrons. The quantitative estimate of drug-likeness (QED) is 0.631. The van der Waals surface area contributed by atoms with Crippen molar-refractivity contribution in [3.8, 4) is 0 Å². The van der Waals surface area contributed by atoms with Gasteiger partial charge in [0, 0.05) is 20.4 Å². The molecule has 1 aliphatic rings. The van der Waals surface area contributed by atoms with Gasteiger partial charge in [-0.1, -0.05) is 0 Å². The van der Waals surface area contributed by atoms with E-state index >= 15 is 0 Å². The van der Waals surface area contributed by atoms with E-state index < -0.39 is 6.04 Å². The van der Waals surface area contributed by atoms with Gasteiger partial charge in [-0.3, -0.25) is 0 Å². The fourth-order valence-corrected chi connectivity index (χ4v) is 0.320. The Morgan fingerprint density at radius 2 is 2.50 bits per heavy atom. The van der Waals surface area contributed by atoms with Crippen LogP contribution >= 0.6 is 0 Å². The molecular formula is C3H5N2O2Re-. The summed E-state index contributed by atoms with van der Waals surface area (Å²) >= 11 is 0. The third-order valence-electron chi connectivity index (χ3n) is 0.726. The number of hydrogen-bond acceptors (Lipinski definition) is 3. The molecule has 8 heavy (non-hydrogen) atoms. The molecule has 1 amide bonds. The summed E-state index contributed by atoms with van der Waals surface area (Å²) in [5.41, 5.74) is 8.16. The number of carbonyl (C=O) groups is 1. The molecule has 47 valence electrons. The molecule has 0 aromatic heterocycles. The minimum atomic E-state index is -0.514. The standard InChI is InChI=1S/C3H6N2O2.Re/c4-2-1-7-5-3(2)6;/h2H,1,4H2,(H,5,6);/p-1. The van der Waals surface area contributed by atoms with Gasteiger partial charge in [0.2, 0.25) is 0 Å². The molecule has 0 spiro atoms. The van der Waals surface area contributed by atoms with Crippen molar-refractivity contribution in [2.24, 2.45) is 5.73 Å². The first-order valence-corrected chi connectivity index (χ1v) is 1.93. The number of hydrogen-bond donors (Lipinski definition) is 1. The molecule has 1 saturated heterocycles. The summed E-state index contributed by atoms with van der Waals surface area (Å²) in [5, 5.41) is 0. The van der Waals surface area contributed by atoms with E-state index in [2.05, 4.69) is 10.3 Å². The van der Waals surface area contributed by atoms with E-state index in [-0.39, 0.29) is 32.9 Å². The van der Waals surface area contributed by atoms with Crippen molar-refractivity contribution in [1.29, 1.82) is 0 Å². The van der Waals surface area contributed by atoms with Gasteiger partial charge in [0.1, 0.15) is 0 Å². The van der Waals surface area contributed by atoms with Crippen molar-refractivity contribution in [1.82, 2.24) is 0 Å². The zero-order valence-corrected chi connectivity index (χ0v) is 6.72. The second-order valence-corrected chi connectivity index (χ2v) is 1.33. The topological polar surface area (TPSA) is 66.4 Å². The average Bonchev–Trinajstić information content (AvgIpc) is 1.91. The third kappa shape index (κ3) is 1.53. The van der Waals surface area contributed by atoms with Gasteiger partial charge in [-0.05, 0) is 0 Å². The second-order valence-electron chi connectivity index (χ2n) is 1.33. The number of nitrogens with two attached hydrogens (primary N) is 1.